The number of benzene rings is 2. The van der Waals surface area contributed by atoms with Gasteiger partial charge in [-0.25, -0.2) is 0 Å². The van der Waals surface area contributed by atoms with Gasteiger partial charge < -0.3 is 0 Å². The molecule has 2 unspecified atom stereocenters. The molecule has 26 heavy (non-hydrogen) atoms. The maximum atomic E-state index is 12.8. The Balaban J connectivity index is 2.28. The molecule has 0 radical (unpaired) electrons. The quantitative estimate of drug-likeness (QED) is 0.582. The minimum atomic E-state index is -4.54. The fourth-order valence-electron chi connectivity index (χ4n) is 2.67. The topological polar surface area (TPSA) is 17.1 Å². The fraction of sp³-hybridized carbons (Fsp3) is 0.316. The van der Waals surface area contributed by atoms with E-state index < -0.39 is 41.1 Å². The highest BCUT2D eigenvalue weighted by Gasteiger charge is 2.33. The highest BCUT2D eigenvalue weighted by molar-refractivity contribution is 5.91. The lowest BCUT2D eigenvalue weighted by Crippen LogP contribution is -2.18. The van der Waals surface area contributed by atoms with Gasteiger partial charge in [-0.05, 0) is 23.3 Å². The molecule has 0 amide bonds. The van der Waals surface area contributed by atoms with Gasteiger partial charge in [0.1, 0.15) is 5.78 Å². The highest BCUT2D eigenvalue weighted by Crippen LogP contribution is 2.34. The molecule has 0 aliphatic rings. The van der Waals surface area contributed by atoms with E-state index >= 15 is 0 Å². The molecular formula is C19H16F6O. The van der Waals surface area contributed by atoms with Crippen molar-refractivity contribution in [2.75, 3.05) is 0 Å². The third-order valence-electron chi connectivity index (χ3n) is 4.28. The smallest absolute Gasteiger partial charge is 0.298 e. The van der Waals surface area contributed by atoms with Gasteiger partial charge in [0.25, 0.3) is 0 Å². The number of halogens is 6. The minimum Gasteiger partial charge on any atom is -0.298 e. The average Bonchev–Trinajstić information content (AvgIpc) is 2.58. The summed E-state index contributed by atoms with van der Waals surface area (Å²) in [7, 11) is 0. The van der Waals surface area contributed by atoms with Crippen LogP contribution in [0, 0.1) is 0 Å². The normalized spacial score (nSPS) is 14.8. The van der Waals surface area contributed by atoms with Gasteiger partial charge in [-0.15, -0.1) is 0 Å². The molecule has 0 bridgehead atoms. The summed E-state index contributed by atoms with van der Waals surface area (Å²) in [5.41, 5.74) is -1.41. The summed E-state index contributed by atoms with van der Waals surface area (Å²) in [6, 6.07) is 8.79. The summed E-state index contributed by atoms with van der Waals surface area (Å²) in [6.07, 6.45) is -9.07. The highest BCUT2D eigenvalue weighted by atomic mass is 19.4. The summed E-state index contributed by atoms with van der Waals surface area (Å²) in [6.45, 7) is 2.89. The third kappa shape index (κ3) is 4.45. The summed E-state index contributed by atoms with van der Waals surface area (Å²) in [5, 5.41) is 0. The molecule has 2 aromatic rings. The Morgan fingerprint density at radius 2 is 1.08 bits per heavy atom. The molecule has 0 saturated carbocycles. The second-order valence-electron chi connectivity index (χ2n) is 6.09. The lowest BCUT2D eigenvalue weighted by atomic mass is 9.85. The molecule has 0 aromatic heterocycles. The Labute approximate surface area is 146 Å². The molecule has 0 spiro atoms. The van der Waals surface area contributed by atoms with E-state index in [1.165, 1.54) is 38.1 Å². The molecule has 2 rings (SSSR count). The van der Waals surface area contributed by atoms with Gasteiger partial charge in [0, 0.05) is 11.8 Å². The first kappa shape index (κ1) is 20.0. The number of carbonyl (C=O) groups excluding carboxylic acids is 1. The Morgan fingerprint density at radius 1 is 0.731 bits per heavy atom. The number of rotatable bonds is 4. The van der Waals surface area contributed by atoms with Gasteiger partial charge in [-0.2, -0.15) is 26.3 Å². The van der Waals surface area contributed by atoms with Gasteiger partial charge >= 0.3 is 12.4 Å². The summed E-state index contributed by atoms with van der Waals surface area (Å²) >= 11 is 0. The van der Waals surface area contributed by atoms with E-state index in [1.54, 1.807) is 0 Å². The van der Waals surface area contributed by atoms with Crippen LogP contribution in [-0.2, 0) is 17.1 Å². The zero-order valence-corrected chi connectivity index (χ0v) is 13.9. The average molecular weight is 374 g/mol. The van der Waals surface area contributed by atoms with Crippen molar-refractivity contribution in [2.45, 2.75) is 38.0 Å². The summed E-state index contributed by atoms with van der Waals surface area (Å²) < 4.78 is 76.9. The van der Waals surface area contributed by atoms with E-state index in [-0.39, 0.29) is 11.1 Å². The number of alkyl halides is 6. The number of ketones is 1. The van der Waals surface area contributed by atoms with Crippen LogP contribution in [0.5, 0.6) is 0 Å². The van der Waals surface area contributed by atoms with Crippen molar-refractivity contribution in [3.05, 3.63) is 70.8 Å². The van der Waals surface area contributed by atoms with E-state index in [4.69, 9.17) is 0 Å². The van der Waals surface area contributed by atoms with Crippen LogP contribution < -0.4 is 0 Å². The van der Waals surface area contributed by atoms with Crippen molar-refractivity contribution in [1.29, 1.82) is 0 Å². The van der Waals surface area contributed by atoms with Crippen LogP contribution >= 0.6 is 0 Å². The summed E-state index contributed by atoms with van der Waals surface area (Å²) in [4.78, 5) is 12.6. The van der Waals surface area contributed by atoms with Crippen molar-refractivity contribution in [1.82, 2.24) is 0 Å². The zero-order chi connectivity index (χ0) is 19.7. The molecule has 1 nitrogen and oxygen atoms in total. The zero-order valence-electron chi connectivity index (χ0n) is 13.9. The van der Waals surface area contributed by atoms with Gasteiger partial charge in [-0.3, -0.25) is 4.79 Å². The van der Waals surface area contributed by atoms with Gasteiger partial charge in [0.15, 0.2) is 0 Å². The first-order chi connectivity index (χ1) is 11.9. The Hall–Kier alpha value is -2.31. The van der Waals surface area contributed by atoms with E-state index in [1.807, 2.05) is 0 Å². The maximum absolute atomic E-state index is 12.8. The molecule has 140 valence electrons. The second-order valence-corrected chi connectivity index (χ2v) is 6.09. The summed E-state index contributed by atoms with van der Waals surface area (Å²) in [5.74, 6) is -2.23. The Bertz CT molecular complexity index is 726. The van der Waals surface area contributed by atoms with E-state index in [2.05, 4.69) is 0 Å². The van der Waals surface area contributed by atoms with Crippen LogP contribution in [0.25, 0.3) is 0 Å². The monoisotopic (exact) mass is 374 g/mol. The van der Waals surface area contributed by atoms with Crippen LogP contribution in [0.2, 0.25) is 0 Å². The molecule has 0 heterocycles. The SMILES string of the molecule is CC(C(=O)C(C)c1cccc(C(F)(F)F)c1)c1cccc(C(F)(F)F)c1. The molecule has 0 saturated heterocycles. The van der Waals surface area contributed by atoms with Crippen LogP contribution in [0.3, 0.4) is 0 Å². The van der Waals surface area contributed by atoms with Crippen molar-refractivity contribution in [3.63, 3.8) is 0 Å². The van der Waals surface area contributed by atoms with Crippen molar-refractivity contribution < 1.29 is 31.1 Å². The van der Waals surface area contributed by atoms with E-state index in [0.29, 0.717) is 0 Å². The first-order valence-corrected chi connectivity index (χ1v) is 7.79. The molecule has 0 aliphatic carbocycles. The maximum Gasteiger partial charge on any atom is 0.416 e. The Kier molecular flexibility index (Phi) is 5.49. The number of carbonyl (C=O) groups is 1. The van der Waals surface area contributed by atoms with Crippen LogP contribution in [0.1, 0.15) is 47.9 Å². The number of hydrogen-bond acceptors (Lipinski definition) is 1. The van der Waals surface area contributed by atoms with Gasteiger partial charge in [0.05, 0.1) is 11.1 Å². The van der Waals surface area contributed by atoms with Crippen molar-refractivity contribution in [2.24, 2.45) is 0 Å². The Morgan fingerprint density at radius 3 is 1.38 bits per heavy atom. The van der Waals surface area contributed by atoms with Crippen molar-refractivity contribution in [3.8, 4) is 0 Å². The molecule has 2 atom stereocenters. The first-order valence-electron chi connectivity index (χ1n) is 7.79. The largest absolute Gasteiger partial charge is 0.416 e. The molecule has 2 aromatic carbocycles. The number of Topliss-reactive ketones (excluding diaryl/α,β-unsaturated/α-hetero) is 1. The molecule has 0 aliphatic heterocycles. The predicted octanol–water partition coefficient (Wildman–Crippen LogP) is 6.20. The van der Waals surface area contributed by atoms with E-state index in [0.717, 1.165) is 24.3 Å². The predicted molar refractivity (Wildman–Crippen MR) is 84.7 cm³/mol. The van der Waals surface area contributed by atoms with E-state index in [9.17, 15) is 31.1 Å². The lowest BCUT2D eigenvalue weighted by Gasteiger charge is -2.19. The van der Waals surface area contributed by atoms with Crippen LogP contribution in [0.4, 0.5) is 26.3 Å². The molecule has 0 fully saturated rings. The second kappa shape index (κ2) is 7.13. The molecule has 7 heteroatoms. The minimum absolute atomic E-state index is 0.170. The standard InChI is InChI=1S/C19H16F6O/c1-11(13-5-3-7-15(9-13)18(20,21)22)17(26)12(2)14-6-4-8-16(10-14)19(23,24)25/h3-12H,1-2H3. The van der Waals surface area contributed by atoms with Crippen molar-refractivity contribution >= 4 is 5.78 Å². The number of hydrogen-bond donors (Lipinski definition) is 0. The molecular weight excluding hydrogens is 358 g/mol. The third-order valence-corrected chi connectivity index (χ3v) is 4.28. The van der Waals surface area contributed by atoms with Crippen LogP contribution in [0.15, 0.2) is 48.5 Å². The fourth-order valence-corrected chi connectivity index (χ4v) is 2.67. The lowest BCUT2D eigenvalue weighted by molar-refractivity contribution is -0.138. The van der Waals surface area contributed by atoms with Crippen LogP contribution in [-0.4, -0.2) is 5.78 Å². The molecule has 0 N–H and O–H groups in total. The van der Waals surface area contributed by atoms with Gasteiger partial charge in [0.2, 0.25) is 0 Å². The van der Waals surface area contributed by atoms with Gasteiger partial charge in [-0.1, -0.05) is 50.2 Å².